The summed E-state index contributed by atoms with van der Waals surface area (Å²) in [6.45, 7) is 0. The number of carbonyl (C=O) groups is 1. The zero-order chi connectivity index (χ0) is 5.21. The Labute approximate surface area is 72.5 Å². The van der Waals surface area contributed by atoms with Crippen LogP contribution in [-0.4, -0.2) is 32.9 Å². The Morgan fingerprint density at radius 2 is 1.38 bits per heavy atom. The third kappa shape index (κ3) is 15.7. The largest absolute Gasteiger partial charge is 0.412 e. The van der Waals surface area contributed by atoms with Crippen LogP contribution in [-0.2, 0) is 4.79 Å². The first-order valence-corrected chi connectivity index (χ1v) is 2.23. The zero-order valence-electron chi connectivity index (χ0n) is 3.70. The molecule has 0 rings (SSSR count). The standard InChI is InChI=1S/C2HCl3O.Al.H2O/c3-2(4,5)1-6;;/h1H;;1H2. The third-order valence-electron chi connectivity index (χ3n) is 0.134. The Balaban J connectivity index is -0.000000125. The van der Waals surface area contributed by atoms with Gasteiger partial charge in [-0.1, -0.05) is 34.8 Å². The first kappa shape index (κ1) is 16.0. The smallest absolute Gasteiger partial charge is 0.245 e. The molecule has 0 fully saturated rings. The first-order chi connectivity index (χ1) is 2.56. The van der Waals surface area contributed by atoms with E-state index < -0.39 is 3.79 Å². The minimum absolute atomic E-state index is 0. The lowest BCUT2D eigenvalue weighted by Gasteiger charge is -1.93. The highest BCUT2D eigenvalue weighted by atomic mass is 35.6. The van der Waals surface area contributed by atoms with Gasteiger partial charge in [0.2, 0.25) is 3.79 Å². The SMILES string of the molecule is O.O=CC(Cl)(Cl)Cl.[Al]. The molecule has 0 aromatic heterocycles. The number of alkyl halides is 3. The summed E-state index contributed by atoms with van der Waals surface area (Å²) in [6, 6.07) is 0. The number of rotatable bonds is 0. The van der Waals surface area contributed by atoms with E-state index in [1.807, 2.05) is 0 Å². The Bertz CT molecular complexity index is 60.8. The fourth-order valence-electron chi connectivity index (χ4n) is 0. The number of halogens is 3. The second-order valence-corrected chi connectivity index (χ2v) is 3.03. The Morgan fingerprint density at radius 3 is 1.38 bits per heavy atom. The van der Waals surface area contributed by atoms with Crippen LogP contribution in [0.3, 0.4) is 0 Å². The predicted molar refractivity (Wildman–Crippen MR) is 35.7 cm³/mol. The fraction of sp³-hybridized carbons (Fsp3) is 0.500. The highest BCUT2D eigenvalue weighted by molar-refractivity contribution is 6.74. The van der Waals surface area contributed by atoms with Gasteiger partial charge in [0.05, 0.1) is 0 Å². The van der Waals surface area contributed by atoms with E-state index in [0.29, 0.717) is 0 Å². The zero-order valence-corrected chi connectivity index (χ0v) is 7.12. The van der Waals surface area contributed by atoms with Crippen LogP contribution >= 0.6 is 34.8 Å². The molecule has 2 nitrogen and oxygen atoms in total. The lowest BCUT2D eigenvalue weighted by atomic mass is 10.9. The van der Waals surface area contributed by atoms with E-state index in [-0.39, 0.29) is 29.1 Å². The van der Waals surface area contributed by atoms with Crippen molar-refractivity contribution >= 4 is 58.5 Å². The molecule has 0 unspecified atom stereocenters. The topological polar surface area (TPSA) is 48.6 Å². The van der Waals surface area contributed by atoms with Gasteiger partial charge in [0.25, 0.3) is 0 Å². The molecule has 2 N–H and O–H groups in total. The Hall–Kier alpha value is 1.03. The summed E-state index contributed by atoms with van der Waals surface area (Å²) in [4.78, 5) is 9.43. The van der Waals surface area contributed by atoms with E-state index in [1.165, 1.54) is 0 Å². The van der Waals surface area contributed by atoms with Crippen molar-refractivity contribution in [3.63, 3.8) is 0 Å². The first-order valence-electron chi connectivity index (χ1n) is 1.09. The normalized spacial score (nSPS) is 8.38. The molecule has 0 heterocycles. The molecular formula is C2H3AlCl3O2. The maximum atomic E-state index is 9.43. The summed E-state index contributed by atoms with van der Waals surface area (Å²) in [6.07, 6.45) is 0.234. The number of hydrogen-bond acceptors (Lipinski definition) is 1. The quantitative estimate of drug-likeness (QED) is 0.310. The third-order valence-corrected chi connectivity index (χ3v) is 0.401. The van der Waals surface area contributed by atoms with Crippen molar-refractivity contribution in [3.05, 3.63) is 0 Å². The van der Waals surface area contributed by atoms with Crippen molar-refractivity contribution in [2.75, 3.05) is 0 Å². The summed E-state index contributed by atoms with van der Waals surface area (Å²) in [5.41, 5.74) is 0. The minimum Gasteiger partial charge on any atom is -0.412 e. The van der Waals surface area contributed by atoms with Gasteiger partial charge >= 0.3 is 0 Å². The lowest BCUT2D eigenvalue weighted by Crippen LogP contribution is -2.00. The van der Waals surface area contributed by atoms with Crippen LogP contribution in [0.25, 0.3) is 0 Å². The van der Waals surface area contributed by atoms with Gasteiger partial charge in [-0.3, -0.25) is 4.79 Å². The van der Waals surface area contributed by atoms with Gasteiger partial charge in [-0.15, -0.1) is 0 Å². The molecule has 3 radical (unpaired) electrons. The molecule has 0 aliphatic carbocycles. The molecule has 0 aromatic carbocycles. The average molecular weight is 192 g/mol. The average Bonchev–Trinajstić information content (AvgIpc) is 1.35. The van der Waals surface area contributed by atoms with E-state index in [0.717, 1.165) is 0 Å². The molecule has 0 atom stereocenters. The Morgan fingerprint density at radius 1 is 1.25 bits per heavy atom. The maximum absolute atomic E-state index is 9.43. The van der Waals surface area contributed by atoms with Crippen LogP contribution in [0, 0.1) is 0 Å². The second kappa shape index (κ2) is 6.16. The van der Waals surface area contributed by atoms with Gasteiger partial charge in [-0.2, -0.15) is 0 Å². The van der Waals surface area contributed by atoms with Crippen molar-refractivity contribution in [2.45, 2.75) is 3.79 Å². The van der Waals surface area contributed by atoms with Crippen LogP contribution in [0.15, 0.2) is 0 Å². The minimum atomic E-state index is -1.72. The summed E-state index contributed by atoms with van der Waals surface area (Å²) < 4.78 is -1.72. The molecular weight excluding hydrogens is 189 g/mol. The number of aldehydes is 1. The van der Waals surface area contributed by atoms with Crippen molar-refractivity contribution in [3.8, 4) is 0 Å². The van der Waals surface area contributed by atoms with Crippen molar-refractivity contribution in [2.24, 2.45) is 0 Å². The molecule has 0 aliphatic rings. The molecule has 0 amide bonds. The molecule has 0 aromatic rings. The second-order valence-electron chi connectivity index (χ2n) is 0.659. The maximum Gasteiger partial charge on any atom is 0.245 e. The van der Waals surface area contributed by atoms with Gasteiger partial charge in [0.1, 0.15) is 0 Å². The van der Waals surface area contributed by atoms with E-state index in [4.69, 9.17) is 34.8 Å². The molecule has 6 heteroatoms. The van der Waals surface area contributed by atoms with Crippen LogP contribution in [0.4, 0.5) is 0 Å². The van der Waals surface area contributed by atoms with Gasteiger partial charge < -0.3 is 5.48 Å². The molecule has 0 aliphatic heterocycles. The van der Waals surface area contributed by atoms with Crippen molar-refractivity contribution in [1.82, 2.24) is 0 Å². The van der Waals surface area contributed by atoms with Gasteiger partial charge in [-0.25, -0.2) is 0 Å². The molecule has 0 bridgehead atoms. The summed E-state index contributed by atoms with van der Waals surface area (Å²) in [5.74, 6) is 0. The Kier molecular flexibility index (Phi) is 12.3. The summed E-state index contributed by atoms with van der Waals surface area (Å²) in [5, 5.41) is 0. The van der Waals surface area contributed by atoms with E-state index in [9.17, 15) is 4.79 Å². The lowest BCUT2D eigenvalue weighted by molar-refractivity contribution is -0.107. The van der Waals surface area contributed by atoms with Gasteiger partial charge in [0.15, 0.2) is 6.29 Å². The fourth-order valence-corrected chi connectivity index (χ4v) is 0. The predicted octanol–water partition coefficient (Wildman–Crippen LogP) is 0.350. The van der Waals surface area contributed by atoms with Crippen LogP contribution in [0.5, 0.6) is 0 Å². The highest BCUT2D eigenvalue weighted by Crippen LogP contribution is 2.21. The summed E-state index contributed by atoms with van der Waals surface area (Å²) in [7, 11) is 0. The summed E-state index contributed by atoms with van der Waals surface area (Å²) >= 11 is 14.6. The van der Waals surface area contributed by atoms with Gasteiger partial charge in [-0.05, 0) is 0 Å². The monoisotopic (exact) mass is 191 g/mol. The number of carbonyl (C=O) groups excluding carboxylic acids is 1. The molecule has 0 saturated carbocycles. The molecule has 0 spiro atoms. The molecule has 0 saturated heterocycles. The van der Waals surface area contributed by atoms with Crippen LogP contribution in [0.1, 0.15) is 0 Å². The van der Waals surface area contributed by atoms with E-state index >= 15 is 0 Å². The van der Waals surface area contributed by atoms with Crippen molar-refractivity contribution in [1.29, 1.82) is 0 Å². The van der Waals surface area contributed by atoms with E-state index in [1.54, 1.807) is 0 Å². The molecule has 8 heavy (non-hydrogen) atoms. The molecule has 47 valence electrons. The van der Waals surface area contributed by atoms with E-state index in [2.05, 4.69) is 0 Å². The van der Waals surface area contributed by atoms with Crippen molar-refractivity contribution < 1.29 is 10.3 Å². The van der Waals surface area contributed by atoms with Crippen LogP contribution < -0.4 is 0 Å². The highest BCUT2D eigenvalue weighted by Gasteiger charge is 2.16. The number of hydrogen-bond donors (Lipinski definition) is 0. The van der Waals surface area contributed by atoms with Gasteiger partial charge in [0, 0.05) is 17.4 Å². The van der Waals surface area contributed by atoms with Crippen LogP contribution in [0.2, 0.25) is 0 Å².